The molecule has 18 nitrogen and oxygen atoms in total. The van der Waals surface area contributed by atoms with E-state index in [0.29, 0.717) is 40.5 Å². The maximum atomic E-state index is 14.3. The first-order valence-corrected chi connectivity index (χ1v) is 22.8. The number of piperidine rings is 2. The van der Waals surface area contributed by atoms with Crippen LogP contribution in [0.5, 0.6) is 5.75 Å². The zero-order valence-electron chi connectivity index (χ0n) is 37.1. The van der Waals surface area contributed by atoms with Crippen LogP contribution in [-0.2, 0) is 26.1 Å². The normalized spacial score (nSPS) is 25.7. The number of alkyl halides is 2. The Labute approximate surface area is 378 Å². The summed E-state index contributed by atoms with van der Waals surface area (Å²) in [5.41, 5.74) is 1.26. The van der Waals surface area contributed by atoms with Crippen LogP contribution in [0, 0.1) is 23.7 Å². The van der Waals surface area contributed by atoms with Gasteiger partial charge in [0, 0.05) is 52.0 Å². The minimum atomic E-state index is -2.87. The molecule has 5 fully saturated rings. The first-order valence-electron chi connectivity index (χ1n) is 22.8. The van der Waals surface area contributed by atoms with Gasteiger partial charge in [-0.25, -0.2) is 23.1 Å². The first-order chi connectivity index (χ1) is 31.9. The van der Waals surface area contributed by atoms with Crippen LogP contribution in [0.4, 0.5) is 20.3 Å². The topological polar surface area (TPSA) is 184 Å². The van der Waals surface area contributed by atoms with Crippen LogP contribution in [0.3, 0.4) is 0 Å². The number of likely N-dealkylation sites (tertiary alicyclic amines) is 1. The molecular formula is C46H53F2N11O7. The lowest BCUT2D eigenvalue weighted by molar-refractivity contribution is -0.135. The summed E-state index contributed by atoms with van der Waals surface area (Å²) in [4.78, 5) is 60.9. The van der Waals surface area contributed by atoms with E-state index in [2.05, 4.69) is 49.4 Å². The Balaban J connectivity index is 0.722. The molecule has 1 aromatic carbocycles. The highest BCUT2D eigenvalue weighted by Crippen LogP contribution is 2.37. The van der Waals surface area contributed by atoms with E-state index in [-0.39, 0.29) is 72.5 Å². The second kappa shape index (κ2) is 17.9. The number of aromatic nitrogens is 7. The summed E-state index contributed by atoms with van der Waals surface area (Å²) >= 11 is 0. The molecule has 1 unspecified atom stereocenters. The number of morpholine rings is 1. The van der Waals surface area contributed by atoms with Gasteiger partial charge in [-0.15, -0.1) is 0 Å². The number of nitrogens with one attached hydrogen (secondary N) is 2. The summed E-state index contributed by atoms with van der Waals surface area (Å²) in [5, 5.41) is 13.6. The molecule has 4 saturated heterocycles. The smallest absolute Gasteiger partial charge is 0.329 e. The van der Waals surface area contributed by atoms with Crippen molar-refractivity contribution in [3.8, 4) is 17.6 Å². The molecule has 0 spiro atoms. The molecule has 10 rings (SSSR count). The predicted molar refractivity (Wildman–Crippen MR) is 237 cm³/mol. The molecule has 20 heteroatoms. The number of aryl methyl sites for hydroxylation is 1. The van der Waals surface area contributed by atoms with Crippen molar-refractivity contribution in [2.24, 2.45) is 18.9 Å². The van der Waals surface area contributed by atoms with E-state index < -0.39 is 30.0 Å². The van der Waals surface area contributed by atoms with E-state index in [9.17, 15) is 28.0 Å². The van der Waals surface area contributed by atoms with Gasteiger partial charge in [-0.1, -0.05) is 18.8 Å². The Morgan fingerprint density at radius 1 is 1.08 bits per heavy atom. The summed E-state index contributed by atoms with van der Waals surface area (Å²) in [7, 11) is 3.17. The zero-order valence-corrected chi connectivity index (χ0v) is 37.1. The van der Waals surface area contributed by atoms with E-state index in [4.69, 9.17) is 19.2 Å². The van der Waals surface area contributed by atoms with Crippen LogP contribution in [-0.4, -0.2) is 121 Å². The van der Waals surface area contributed by atoms with Crippen LogP contribution in [0.25, 0.3) is 16.7 Å². The largest absolute Gasteiger partial charge is 0.495 e. The van der Waals surface area contributed by atoms with Crippen LogP contribution >= 0.6 is 0 Å². The number of halogens is 2. The van der Waals surface area contributed by atoms with E-state index in [0.717, 1.165) is 70.5 Å². The Hall–Kier alpha value is -6.17. The number of amides is 3. The fourth-order valence-electron chi connectivity index (χ4n) is 10.7. The third-order valence-electron chi connectivity index (χ3n) is 14.2. The molecule has 1 saturated carbocycles. The van der Waals surface area contributed by atoms with E-state index in [1.165, 1.54) is 33.2 Å². The Kier molecular flexibility index (Phi) is 11.9. The molecular weight excluding hydrogens is 857 g/mol. The lowest BCUT2D eigenvalue weighted by atomic mass is 9.85. The number of hydrogen-bond donors (Lipinski definition) is 2. The van der Waals surface area contributed by atoms with Crippen molar-refractivity contribution in [3.63, 3.8) is 0 Å². The third kappa shape index (κ3) is 8.21. The van der Waals surface area contributed by atoms with Crippen molar-refractivity contribution in [2.75, 3.05) is 56.7 Å². The number of carbonyl (C=O) groups is 3. The minimum absolute atomic E-state index is 0.0162. The second-order valence-electron chi connectivity index (χ2n) is 18.3. The van der Waals surface area contributed by atoms with E-state index in [1.54, 1.807) is 30.1 Å². The number of benzene rings is 1. The number of ether oxygens (including phenoxy) is 3. The number of imidazole rings is 1. The molecule has 5 aliphatic rings. The Bertz CT molecular complexity index is 2820. The monoisotopic (exact) mass is 909 g/mol. The molecule has 2 N–H and O–H groups in total. The molecule has 5 atom stereocenters. The third-order valence-corrected chi connectivity index (χ3v) is 14.2. The van der Waals surface area contributed by atoms with Crippen LogP contribution in [0.15, 0.2) is 41.6 Å². The van der Waals surface area contributed by atoms with E-state index in [1.807, 2.05) is 6.07 Å². The number of imide groups is 1. The zero-order chi connectivity index (χ0) is 45.8. The van der Waals surface area contributed by atoms with Crippen molar-refractivity contribution < 1.29 is 37.4 Å². The van der Waals surface area contributed by atoms with Gasteiger partial charge < -0.3 is 29.3 Å². The molecule has 4 aliphatic heterocycles. The number of rotatable bonds is 11. The highest BCUT2D eigenvalue weighted by molar-refractivity contribution is 6.08. The molecule has 8 heterocycles. The summed E-state index contributed by atoms with van der Waals surface area (Å²) in [6.07, 6.45) is 7.60. The molecule has 0 radical (unpaired) electrons. The van der Waals surface area contributed by atoms with Crippen LogP contribution in [0.1, 0.15) is 98.4 Å². The second-order valence-corrected chi connectivity index (χ2v) is 18.3. The SMILES string of the molecule is COc1ccc2c(c1C#CCO[C@H]1CCN(C[C@H]3CC[C@H](n4cc(NC(=O)c5cnn6ccc(N7C[C@H]8C[C@@H]7CO8)nc56)c(C(F)F)n4)CC3)C[C@@H]1C)n(C)c(=O)n2C1CCC(=O)NC1=O. The van der Waals surface area contributed by atoms with Crippen molar-refractivity contribution in [2.45, 2.75) is 95.0 Å². The minimum Gasteiger partial charge on any atom is -0.495 e. The fourth-order valence-corrected chi connectivity index (χ4v) is 10.7. The number of hydrogen-bond acceptors (Lipinski definition) is 12. The predicted octanol–water partition coefficient (Wildman–Crippen LogP) is 4.24. The molecule has 348 valence electrons. The number of fused-ring (bicyclic) bond motifs is 4. The van der Waals surface area contributed by atoms with Gasteiger partial charge in [-0.3, -0.25) is 33.5 Å². The van der Waals surface area contributed by atoms with Crippen LogP contribution in [0.2, 0.25) is 0 Å². The van der Waals surface area contributed by atoms with Gasteiger partial charge in [0.15, 0.2) is 11.3 Å². The maximum absolute atomic E-state index is 14.3. The summed E-state index contributed by atoms with van der Waals surface area (Å²) in [5.74, 6) is 6.81. The lowest BCUT2D eigenvalue weighted by Gasteiger charge is -2.39. The fraction of sp³-hybridized carbons (Fsp3) is 0.543. The summed E-state index contributed by atoms with van der Waals surface area (Å²) < 4.78 is 52.3. The highest BCUT2D eigenvalue weighted by Gasteiger charge is 2.40. The van der Waals surface area contributed by atoms with Gasteiger partial charge in [-0.05, 0) is 75.0 Å². The molecule has 66 heavy (non-hydrogen) atoms. The van der Waals surface area contributed by atoms with Gasteiger partial charge in [0.1, 0.15) is 29.8 Å². The molecule has 1 aliphatic carbocycles. The molecule has 5 aromatic rings. The molecule has 2 bridgehead atoms. The van der Waals surface area contributed by atoms with Gasteiger partial charge in [0.05, 0.1) is 66.5 Å². The lowest BCUT2D eigenvalue weighted by Crippen LogP contribution is -2.45. The van der Waals surface area contributed by atoms with Crippen molar-refractivity contribution in [1.29, 1.82) is 0 Å². The summed E-state index contributed by atoms with van der Waals surface area (Å²) in [6, 6.07) is 4.68. The Morgan fingerprint density at radius 2 is 1.91 bits per heavy atom. The molecule has 3 amide bonds. The number of methoxy groups -OCH3 is 1. The quantitative estimate of drug-likeness (QED) is 0.142. The Morgan fingerprint density at radius 3 is 2.64 bits per heavy atom. The number of nitrogens with zero attached hydrogens (tertiary/aromatic N) is 9. The van der Waals surface area contributed by atoms with Gasteiger partial charge >= 0.3 is 5.69 Å². The van der Waals surface area contributed by atoms with E-state index >= 15 is 0 Å². The van der Waals surface area contributed by atoms with Crippen molar-refractivity contribution in [3.05, 3.63) is 64.1 Å². The highest BCUT2D eigenvalue weighted by atomic mass is 19.3. The van der Waals surface area contributed by atoms with Crippen LogP contribution < -0.4 is 26.0 Å². The van der Waals surface area contributed by atoms with Crippen molar-refractivity contribution >= 4 is 45.9 Å². The average molecular weight is 910 g/mol. The molecule has 4 aromatic heterocycles. The first kappa shape index (κ1) is 43.7. The average Bonchev–Trinajstić information content (AvgIpc) is 4.16. The van der Waals surface area contributed by atoms with Gasteiger partial charge in [0.25, 0.3) is 12.3 Å². The van der Waals surface area contributed by atoms with Crippen molar-refractivity contribution in [1.82, 2.24) is 43.7 Å². The standard InChI is InChI=1S/C46H53F2N11O7/c1-26-21-55(16-14-36(26)65-18-4-5-31-37(64-3)12-10-34-41(31)54(2)46(63)59(34)35-11-13-39(60)52-45(35)62)22-27-6-8-28(9-7-27)58-24-33(40(53-58)42(47)48)50-44(61)32-20-49-57-17-15-38(51-43(32)57)56-23-30-19-29(56)25-66-30/h10,12,15,17,20,24,26-30,35-36,42H,6-9,11,13-14,16,18-19,21-23,25H2,1-3H3,(H,50,61)(H,52,60,62)/t26-,27-,28-,29+,30+,35?,36-/m0/s1. The maximum Gasteiger partial charge on any atom is 0.329 e. The van der Waals surface area contributed by atoms with Gasteiger partial charge in [-0.2, -0.15) is 10.2 Å². The number of carbonyl (C=O) groups excluding carboxylic acids is 3. The van der Waals surface area contributed by atoms with Gasteiger partial charge in [0.2, 0.25) is 11.8 Å². The summed E-state index contributed by atoms with van der Waals surface area (Å²) in [6.45, 7) is 6.43. The number of anilines is 2.